The lowest BCUT2D eigenvalue weighted by molar-refractivity contribution is -0.122. The second-order valence-corrected chi connectivity index (χ2v) is 5.63. The number of carbonyl (C=O) groups is 1. The van der Waals surface area contributed by atoms with Crippen LogP contribution >= 0.6 is 0 Å². The van der Waals surface area contributed by atoms with Gasteiger partial charge in [-0.2, -0.15) is 4.98 Å². The van der Waals surface area contributed by atoms with Gasteiger partial charge in [-0.1, -0.05) is 11.6 Å². The van der Waals surface area contributed by atoms with Crippen molar-refractivity contribution in [1.29, 1.82) is 0 Å². The SMILES string of the molecule is COC1(c2noc(C3CCCCC3=O)n2)CCCC1. The topological polar surface area (TPSA) is 65.2 Å². The Labute approximate surface area is 112 Å². The Kier molecular flexibility index (Phi) is 3.39. The van der Waals surface area contributed by atoms with Gasteiger partial charge in [-0.3, -0.25) is 4.79 Å². The smallest absolute Gasteiger partial charge is 0.237 e. The fraction of sp³-hybridized carbons (Fsp3) is 0.786. The predicted molar refractivity (Wildman–Crippen MR) is 67.7 cm³/mol. The summed E-state index contributed by atoms with van der Waals surface area (Å²) in [7, 11) is 1.70. The van der Waals surface area contributed by atoms with Gasteiger partial charge in [0, 0.05) is 13.5 Å². The Morgan fingerprint density at radius 3 is 2.74 bits per heavy atom. The van der Waals surface area contributed by atoms with E-state index in [2.05, 4.69) is 10.1 Å². The maximum atomic E-state index is 11.9. The Bertz CT molecular complexity index is 463. The van der Waals surface area contributed by atoms with E-state index in [4.69, 9.17) is 9.26 Å². The molecule has 5 heteroatoms. The number of aromatic nitrogens is 2. The van der Waals surface area contributed by atoms with Gasteiger partial charge in [0.05, 0.1) is 5.92 Å². The number of Topliss-reactive ketones (excluding diaryl/α,β-unsaturated/α-hetero) is 1. The molecule has 0 aromatic carbocycles. The van der Waals surface area contributed by atoms with Crippen LogP contribution in [0, 0.1) is 0 Å². The monoisotopic (exact) mass is 264 g/mol. The standard InChI is InChI=1S/C14H20N2O3/c1-18-14(8-4-5-9-14)13-15-12(19-16-13)10-6-2-3-7-11(10)17/h10H,2-9H2,1H3. The summed E-state index contributed by atoms with van der Waals surface area (Å²) in [5.74, 6) is 1.16. The van der Waals surface area contributed by atoms with E-state index < -0.39 is 0 Å². The molecule has 1 aromatic rings. The number of hydrogen-bond donors (Lipinski definition) is 0. The highest BCUT2D eigenvalue weighted by atomic mass is 16.5. The molecule has 2 aliphatic carbocycles. The van der Waals surface area contributed by atoms with Crippen molar-refractivity contribution >= 4 is 5.78 Å². The summed E-state index contributed by atoms with van der Waals surface area (Å²) >= 11 is 0. The molecule has 1 unspecified atom stereocenters. The molecular formula is C14H20N2O3. The van der Waals surface area contributed by atoms with Crippen LogP contribution < -0.4 is 0 Å². The van der Waals surface area contributed by atoms with Gasteiger partial charge in [0.15, 0.2) is 0 Å². The molecule has 3 rings (SSSR count). The van der Waals surface area contributed by atoms with Crippen molar-refractivity contribution in [3.05, 3.63) is 11.7 Å². The van der Waals surface area contributed by atoms with E-state index in [0.717, 1.165) is 44.9 Å². The first-order chi connectivity index (χ1) is 9.25. The Morgan fingerprint density at radius 2 is 2.05 bits per heavy atom. The third-order valence-corrected chi connectivity index (χ3v) is 4.50. The van der Waals surface area contributed by atoms with Crippen molar-refractivity contribution in [3.8, 4) is 0 Å². The first kappa shape index (κ1) is 12.8. The number of rotatable bonds is 3. The molecule has 0 N–H and O–H groups in total. The molecule has 0 amide bonds. The van der Waals surface area contributed by atoms with Crippen LogP contribution in [0.2, 0.25) is 0 Å². The lowest BCUT2D eigenvalue weighted by Crippen LogP contribution is -2.26. The van der Waals surface area contributed by atoms with Gasteiger partial charge in [0.25, 0.3) is 0 Å². The zero-order chi connectivity index (χ0) is 13.3. The Hall–Kier alpha value is -1.23. The average Bonchev–Trinajstić information content (AvgIpc) is 3.09. The number of nitrogens with zero attached hydrogens (tertiary/aromatic N) is 2. The maximum Gasteiger partial charge on any atom is 0.237 e. The summed E-state index contributed by atoms with van der Waals surface area (Å²) in [4.78, 5) is 16.4. The molecule has 1 heterocycles. The molecule has 1 atom stereocenters. The van der Waals surface area contributed by atoms with Crippen molar-refractivity contribution in [2.45, 2.75) is 62.9 Å². The number of carbonyl (C=O) groups excluding carboxylic acids is 1. The van der Waals surface area contributed by atoms with E-state index in [1.54, 1.807) is 7.11 Å². The van der Waals surface area contributed by atoms with Gasteiger partial charge in [0.2, 0.25) is 11.7 Å². The molecule has 2 saturated carbocycles. The number of methoxy groups -OCH3 is 1. The zero-order valence-corrected chi connectivity index (χ0v) is 11.4. The van der Waals surface area contributed by atoms with Gasteiger partial charge < -0.3 is 9.26 Å². The van der Waals surface area contributed by atoms with Crippen LogP contribution in [0.15, 0.2) is 4.52 Å². The van der Waals surface area contributed by atoms with Gasteiger partial charge in [-0.15, -0.1) is 0 Å². The number of ketones is 1. The van der Waals surface area contributed by atoms with Gasteiger partial charge in [-0.25, -0.2) is 0 Å². The number of ether oxygens (including phenoxy) is 1. The largest absolute Gasteiger partial charge is 0.370 e. The molecule has 1 aromatic heterocycles. The molecule has 0 spiro atoms. The van der Waals surface area contributed by atoms with Gasteiger partial charge in [-0.05, 0) is 38.5 Å². The van der Waals surface area contributed by atoms with Crippen LogP contribution in [0.1, 0.15) is 69.0 Å². The molecular weight excluding hydrogens is 244 g/mol. The van der Waals surface area contributed by atoms with Gasteiger partial charge in [0.1, 0.15) is 11.4 Å². The molecule has 0 saturated heterocycles. The van der Waals surface area contributed by atoms with Crippen molar-refractivity contribution in [1.82, 2.24) is 10.1 Å². The van der Waals surface area contributed by atoms with E-state index >= 15 is 0 Å². The average molecular weight is 264 g/mol. The van der Waals surface area contributed by atoms with Crippen molar-refractivity contribution in [2.75, 3.05) is 7.11 Å². The molecule has 2 fully saturated rings. The lowest BCUT2D eigenvalue weighted by Gasteiger charge is -2.22. The molecule has 0 bridgehead atoms. The molecule has 2 aliphatic rings. The van der Waals surface area contributed by atoms with E-state index in [0.29, 0.717) is 18.1 Å². The summed E-state index contributed by atoms with van der Waals surface area (Å²) in [5.41, 5.74) is -0.389. The fourth-order valence-corrected chi connectivity index (χ4v) is 3.27. The summed E-state index contributed by atoms with van der Waals surface area (Å²) in [6.45, 7) is 0. The third kappa shape index (κ3) is 2.20. The predicted octanol–water partition coefficient (Wildman–Crippen LogP) is 2.71. The third-order valence-electron chi connectivity index (χ3n) is 4.50. The minimum atomic E-state index is -0.389. The first-order valence-corrected chi connectivity index (χ1v) is 7.17. The Morgan fingerprint density at radius 1 is 1.26 bits per heavy atom. The van der Waals surface area contributed by atoms with Crippen molar-refractivity contribution in [2.24, 2.45) is 0 Å². The minimum Gasteiger partial charge on any atom is -0.370 e. The molecule has 19 heavy (non-hydrogen) atoms. The summed E-state index contributed by atoms with van der Waals surface area (Å²) in [6, 6.07) is 0. The summed E-state index contributed by atoms with van der Waals surface area (Å²) in [6.07, 6.45) is 7.63. The number of hydrogen-bond acceptors (Lipinski definition) is 5. The maximum absolute atomic E-state index is 11.9. The lowest BCUT2D eigenvalue weighted by atomic mass is 9.88. The van der Waals surface area contributed by atoms with Crippen LogP contribution in [0.4, 0.5) is 0 Å². The van der Waals surface area contributed by atoms with Crippen LogP contribution in [0.25, 0.3) is 0 Å². The highest BCUT2D eigenvalue weighted by molar-refractivity contribution is 5.85. The van der Waals surface area contributed by atoms with E-state index in [-0.39, 0.29) is 17.3 Å². The second kappa shape index (κ2) is 5.04. The van der Waals surface area contributed by atoms with Crippen LogP contribution in [0.3, 0.4) is 0 Å². The van der Waals surface area contributed by atoms with Crippen molar-refractivity contribution < 1.29 is 14.1 Å². The second-order valence-electron chi connectivity index (χ2n) is 5.63. The van der Waals surface area contributed by atoms with E-state index in [1.165, 1.54) is 0 Å². The highest BCUT2D eigenvalue weighted by Crippen LogP contribution is 2.41. The van der Waals surface area contributed by atoms with Crippen LogP contribution in [-0.4, -0.2) is 23.0 Å². The molecule has 0 radical (unpaired) electrons. The summed E-state index contributed by atoms with van der Waals surface area (Å²) < 4.78 is 11.0. The van der Waals surface area contributed by atoms with E-state index in [1.807, 2.05) is 0 Å². The molecule has 104 valence electrons. The summed E-state index contributed by atoms with van der Waals surface area (Å²) in [5, 5.41) is 4.09. The van der Waals surface area contributed by atoms with Gasteiger partial charge >= 0.3 is 0 Å². The zero-order valence-electron chi connectivity index (χ0n) is 11.4. The minimum absolute atomic E-state index is 0.190. The van der Waals surface area contributed by atoms with E-state index in [9.17, 15) is 4.79 Å². The molecule has 5 nitrogen and oxygen atoms in total. The highest BCUT2D eigenvalue weighted by Gasteiger charge is 2.41. The van der Waals surface area contributed by atoms with Crippen LogP contribution in [-0.2, 0) is 15.1 Å². The molecule has 0 aliphatic heterocycles. The van der Waals surface area contributed by atoms with Crippen LogP contribution in [0.5, 0.6) is 0 Å². The normalized spacial score (nSPS) is 26.8. The fourth-order valence-electron chi connectivity index (χ4n) is 3.27. The quantitative estimate of drug-likeness (QED) is 0.839. The Balaban J connectivity index is 1.84. The van der Waals surface area contributed by atoms with Crippen molar-refractivity contribution in [3.63, 3.8) is 0 Å². The first-order valence-electron chi connectivity index (χ1n) is 7.17.